The summed E-state index contributed by atoms with van der Waals surface area (Å²) in [5.74, 6) is 2.75. The van der Waals surface area contributed by atoms with Crippen LogP contribution in [0.5, 0.6) is 0 Å². The van der Waals surface area contributed by atoms with Crippen LogP contribution in [0.15, 0.2) is 12.3 Å². The van der Waals surface area contributed by atoms with Crippen molar-refractivity contribution in [2.24, 2.45) is 11.8 Å². The van der Waals surface area contributed by atoms with Gasteiger partial charge in [0.15, 0.2) is 9.84 Å². The Kier molecular flexibility index (Phi) is 5.30. The molecule has 0 saturated heterocycles. The van der Waals surface area contributed by atoms with E-state index in [1.807, 2.05) is 12.3 Å². The number of hydrogen-bond acceptors (Lipinski definition) is 4. The number of nitrogens with one attached hydrogen (secondary N) is 1. The molecule has 21 heavy (non-hydrogen) atoms. The van der Waals surface area contributed by atoms with Crippen LogP contribution < -0.4 is 5.32 Å². The molecule has 0 bridgehead atoms. The SMILES string of the molecule is CCS(=O)(=O)CCn1ccc(NC2CCC(C)C(C)C2)n1. The average molecular weight is 313 g/mol. The van der Waals surface area contributed by atoms with Gasteiger partial charge >= 0.3 is 0 Å². The van der Waals surface area contributed by atoms with Crippen LogP contribution in [0.25, 0.3) is 0 Å². The van der Waals surface area contributed by atoms with Gasteiger partial charge in [0, 0.05) is 24.1 Å². The minimum atomic E-state index is -2.93. The summed E-state index contributed by atoms with van der Waals surface area (Å²) in [4.78, 5) is 0. The maximum atomic E-state index is 11.5. The van der Waals surface area contributed by atoms with E-state index in [1.165, 1.54) is 19.3 Å². The molecule has 3 atom stereocenters. The van der Waals surface area contributed by atoms with Crippen molar-refractivity contribution in [3.8, 4) is 0 Å². The highest BCUT2D eigenvalue weighted by Gasteiger charge is 2.24. The summed E-state index contributed by atoms with van der Waals surface area (Å²) in [5, 5.41) is 7.91. The van der Waals surface area contributed by atoms with Gasteiger partial charge in [0.05, 0.1) is 12.3 Å². The van der Waals surface area contributed by atoms with Crippen LogP contribution in [0.4, 0.5) is 5.82 Å². The highest BCUT2D eigenvalue weighted by Crippen LogP contribution is 2.30. The monoisotopic (exact) mass is 313 g/mol. The molecular formula is C15H27N3O2S. The van der Waals surface area contributed by atoms with Gasteiger partial charge in [-0.25, -0.2) is 8.42 Å². The molecule has 1 aliphatic rings. The minimum Gasteiger partial charge on any atom is -0.366 e. The zero-order chi connectivity index (χ0) is 15.5. The predicted molar refractivity (Wildman–Crippen MR) is 86.1 cm³/mol. The van der Waals surface area contributed by atoms with Gasteiger partial charge in [0.25, 0.3) is 0 Å². The molecule has 0 radical (unpaired) electrons. The van der Waals surface area contributed by atoms with E-state index in [0.29, 0.717) is 12.6 Å². The first-order chi connectivity index (χ1) is 9.89. The lowest BCUT2D eigenvalue weighted by Crippen LogP contribution is -2.30. The van der Waals surface area contributed by atoms with Crippen molar-refractivity contribution in [2.75, 3.05) is 16.8 Å². The molecule has 5 nitrogen and oxygen atoms in total. The summed E-state index contributed by atoms with van der Waals surface area (Å²) < 4.78 is 24.7. The summed E-state index contributed by atoms with van der Waals surface area (Å²) in [7, 11) is -2.93. The molecule has 0 aromatic carbocycles. The van der Waals surface area contributed by atoms with Crippen LogP contribution >= 0.6 is 0 Å². The largest absolute Gasteiger partial charge is 0.366 e. The second-order valence-corrected chi connectivity index (χ2v) is 8.78. The average Bonchev–Trinajstić information content (AvgIpc) is 2.89. The molecule has 2 rings (SSSR count). The number of hydrogen-bond donors (Lipinski definition) is 1. The zero-order valence-corrected chi connectivity index (χ0v) is 14.1. The number of anilines is 1. The number of sulfone groups is 1. The third-order valence-electron chi connectivity index (χ3n) is 4.66. The molecular weight excluding hydrogens is 286 g/mol. The van der Waals surface area contributed by atoms with Gasteiger partial charge in [0.1, 0.15) is 5.82 Å². The van der Waals surface area contributed by atoms with E-state index in [1.54, 1.807) is 11.6 Å². The van der Waals surface area contributed by atoms with Crippen molar-refractivity contribution in [3.05, 3.63) is 12.3 Å². The van der Waals surface area contributed by atoms with E-state index in [2.05, 4.69) is 24.3 Å². The fraction of sp³-hybridized carbons (Fsp3) is 0.800. The normalized spacial score (nSPS) is 26.7. The maximum Gasteiger partial charge on any atom is 0.151 e. The van der Waals surface area contributed by atoms with Gasteiger partial charge in [-0.05, 0) is 31.1 Å². The van der Waals surface area contributed by atoms with E-state index in [4.69, 9.17) is 0 Å². The summed E-state index contributed by atoms with van der Waals surface area (Å²) in [6, 6.07) is 2.42. The first-order valence-corrected chi connectivity index (χ1v) is 9.72. The third-order valence-corrected chi connectivity index (χ3v) is 6.35. The fourth-order valence-corrected chi connectivity index (χ4v) is 3.58. The fourth-order valence-electron chi connectivity index (χ4n) is 2.83. The highest BCUT2D eigenvalue weighted by atomic mass is 32.2. The standard InChI is InChI=1S/C15H27N3O2S/c1-4-21(19,20)10-9-18-8-7-15(17-18)16-14-6-5-12(2)13(3)11-14/h7-8,12-14H,4-6,9-11H2,1-3H3,(H,16,17). The molecule has 0 aliphatic heterocycles. The Hall–Kier alpha value is -1.04. The van der Waals surface area contributed by atoms with Crippen LogP contribution in [0.3, 0.4) is 0 Å². The lowest BCUT2D eigenvalue weighted by molar-refractivity contribution is 0.260. The predicted octanol–water partition coefficient (Wildman–Crippen LogP) is 2.55. The number of aryl methyl sites for hydroxylation is 1. The molecule has 1 heterocycles. The van der Waals surface area contributed by atoms with Crippen molar-refractivity contribution in [2.45, 2.75) is 52.6 Å². The van der Waals surface area contributed by atoms with Gasteiger partial charge < -0.3 is 5.32 Å². The first-order valence-electron chi connectivity index (χ1n) is 7.90. The quantitative estimate of drug-likeness (QED) is 0.876. The molecule has 1 aromatic heterocycles. The van der Waals surface area contributed by atoms with Crippen LogP contribution in [-0.4, -0.2) is 35.7 Å². The van der Waals surface area contributed by atoms with Gasteiger partial charge in [-0.1, -0.05) is 20.8 Å². The Bertz CT molecular complexity index is 553. The summed E-state index contributed by atoms with van der Waals surface area (Å²) in [6.07, 6.45) is 5.47. The molecule has 1 fully saturated rings. The minimum absolute atomic E-state index is 0.155. The zero-order valence-electron chi connectivity index (χ0n) is 13.2. The Morgan fingerprint density at radius 1 is 1.33 bits per heavy atom. The molecule has 0 amide bonds. The lowest BCUT2D eigenvalue weighted by Gasteiger charge is -2.32. The summed E-state index contributed by atoms with van der Waals surface area (Å²) >= 11 is 0. The van der Waals surface area contributed by atoms with Crippen molar-refractivity contribution in [3.63, 3.8) is 0 Å². The van der Waals surface area contributed by atoms with Crippen LogP contribution in [0.1, 0.15) is 40.0 Å². The maximum absolute atomic E-state index is 11.5. The number of rotatable bonds is 6. The van der Waals surface area contributed by atoms with E-state index in [9.17, 15) is 8.42 Å². The van der Waals surface area contributed by atoms with Crippen LogP contribution in [0, 0.1) is 11.8 Å². The molecule has 1 saturated carbocycles. The smallest absolute Gasteiger partial charge is 0.151 e. The second kappa shape index (κ2) is 6.81. The van der Waals surface area contributed by atoms with E-state index in [-0.39, 0.29) is 11.5 Å². The summed E-state index contributed by atoms with van der Waals surface area (Å²) in [5.41, 5.74) is 0. The van der Waals surface area contributed by atoms with E-state index in [0.717, 1.165) is 17.7 Å². The Morgan fingerprint density at radius 2 is 2.10 bits per heavy atom. The van der Waals surface area contributed by atoms with Gasteiger partial charge in [-0.15, -0.1) is 0 Å². The van der Waals surface area contributed by atoms with Gasteiger partial charge in [-0.3, -0.25) is 4.68 Å². The van der Waals surface area contributed by atoms with Crippen molar-refractivity contribution < 1.29 is 8.42 Å². The van der Waals surface area contributed by atoms with Crippen LogP contribution in [0.2, 0.25) is 0 Å². The molecule has 1 aromatic rings. The Morgan fingerprint density at radius 3 is 2.76 bits per heavy atom. The van der Waals surface area contributed by atoms with Gasteiger partial charge in [-0.2, -0.15) is 5.10 Å². The first kappa shape index (κ1) is 16.3. The topological polar surface area (TPSA) is 64.0 Å². The van der Waals surface area contributed by atoms with Crippen molar-refractivity contribution in [1.82, 2.24) is 9.78 Å². The summed E-state index contributed by atoms with van der Waals surface area (Å²) in [6.45, 7) is 6.74. The third kappa shape index (κ3) is 4.73. The van der Waals surface area contributed by atoms with Crippen molar-refractivity contribution in [1.29, 1.82) is 0 Å². The molecule has 120 valence electrons. The van der Waals surface area contributed by atoms with Crippen LogP contribution in [-0.2, 0) is 16.4 Å². The highest BCUT2D eigenvalue weighted by molar-refractivity contribution is 7.91. The number of nitrogens with zero attached hydrogens (tertiary/aromatic N) is 2. The molecule has 3 unspecified atom stereocenters. The Balaban J connectivity index is 1.86. The van der Waals surface area contributed by atoms with Gasteiger partial charge in [0.2, 0.25) is 0 Å². The Labute approximate surface area is 128 Å². The molecule has 1 N–H and O–H groups in total. The molecule has 0 spiro atoms. The lowest BCUT2D eigenvalue weighted by atomic mass is 9.79. The van der Waals surface area contributed by atoms with E-state index < -0.39 is 9.84 Å². The van der Waals surface area contributed by atoms with Crippen molar-refractivity contribution >= 4 is 15.7 Å². The number of aromatic nitrogens is 2. The molecule has 1 aliphatic carbocycles. The second-order valence-electron chi connectivity index (χ2n) is 6.31. The molecule has 6 heteroatoms. The van der Waals surface area contributed by atoms with E-state index >= 15 is 0 Å².